The number of carbonyl (C=O) groups excluding carboxylic acids is 1. The molecule has 22 heavy (non-hydrogen) atoms. The van der Waals surface area contributed by atoms with E-state index in [1.165, 1.54) is 7.11 Å². The van der Waals surface area contributed by atoms with Gasteiger partial charge in [0.1, 0.15) is 18.2 Å². The summed E-state index contributed by atoms with van der Waals surface area (Å²) >= 11 is 0. The maximum atomic E-state index is 12.2. The quantitative estimate of drug-likeness (QED) is 0.480. The first-order valence-electron chi connectivity index (χ1n) is 6.83. The number of benzene rings is 1. The Morgan fingerprint density at radius 3 is 2.77 bits per heavy atom. The number of ketones is 1. The minimum atomic E-state index is -1.07. The molecule has 8 nitrogen and oxygen atoms in total. The van der Waals surface area contributed by atoms with Gasteiger partial charge in [-0.2, -0.15) is 0 Å². The summed E-state index contributed by atoms with van der Waals surface area (Å²) < 4.78 is 21.9. The molecule has 0 radical (unpaired) electrons. The van der Waals surface area contributed by atoms with Crippen LogP contribution in [0, 0.1) is 0 Å². The van der Waals surface area contributed by atoms with Crippen LogP contribution in [0.4, 0.5) is 0 Å². The zero-order chi connectivity index (χ0) is 15.5. The maximum absolute atomic E-state index is 12.2. The monoisotopic (exact) mass is 305 g/mol. The Bertz CT molecular complexity index is 589. The van der Waals surface area contributed by atoms with Gasteiger partial charge in [-0.15, -0.1) is 0 Å². The van der Waals surface area contributed by atoms with Crippen LogP contribution < -0.4 is 0 Å². The molecule has 1 unspecified atom stereocenters. The molecule has 2 aliphatic rings. The van der Waals surface area contributed by atoms with E-state index in [-0.39, 0.29) is 6.61 Å². The molecule has 0 spiro atoms. The van der Waals surface area contributed by atoms with Crippen molar-refractivity contribution in [3.63, 3.8) is 0 Å². The fraction of sp³-hybridized carbons (Fsp3) is 0.500. The van der Waals surface area contributed by atoms with Gasteiger partial charge < -0.3 is 18.9 Å². The SMILES string of the molecule is CO[C@H]1O[C@@H]2COC(c3ccccc3)O[C@H]2[C@@H](N=[N+]=[N-])C1=O. The molecule has 0 aliphatic carbocycles. The van der Waals surface area contributed by atoms with E-state index < -0.39 is 36.6 Å². The van der Waals surface area contributed by atoms with Crippen LogP contribution in [-0.2, 0) is 23.7 Å². The van der Waals surface area contributed by atoms with Crippen molar-refractivity contribution in [2.75, 3.05) is 13.7 Å². The minimum absolute atomic E-state index is 0.217. The molecule has 0 aromatic heterocycles. The Balaban J connectivity index is 1.84. The fourth-order valence-corrected chi connectivity index (χ4v) is 2.60. The summed E-state index contributed by atoms with van der Waals surface area (Å²) in [5.74, 6) is -0.449. The van der Waals surface area contributed by atoms with Gasteiger partial charge in [0.15, 0.2) is 12.1 Å². The highest BCUT2D eigenvalue weighted by atomic mass is 16.7. The Labute approximate surface area is 126 Å². The summed E-state index contributed by atoms with van der Waals surface area (Å²) in [7, 11) is 1.35. The largest absolute Gasteiger partial charge is 0.349 e. The van der Waals surface area contributed by atoms with E-state index in [2.05, 4.69) is 10.0 Å². The lowest BCUT2D eigenvalue weighted by molar-refractivity contribution is -0.303. The van der Waals surface area contributed by atoms with Crippen molar-refractivity contribution in [1.29, 1.82) is 0 Å². The lowest BCUT2D eigenvalue weighted by Crippen LogP contribution is -2.59. The van der Waals surface area contributed by atoms with Gasteiger partial charge in [0.2, 0.25) is 6.29 Å². The fourth-order valence-electron chi connectivity index (χ4n) is 2.60. The molecule has 8 heteroatoms. The van der Waals surface area contributed by atoms with Crippen LogP contribution in [0.1, 0.15) is 11.9 Å². The molecule has 2 aliphatic heterocycles. The predicted molar refractivity (Wildman–Crippen MR) is 73.6 cm³/mol. The average Bonchev–Trinajstić information content (AvgIpc) is 2.57. The topological polar surface area (TPSA) is 103 Å². The van der Waals surface area contributed by atoms with Crippen molar-refractivity contribution in [3.05, 3.63) is 46.3 Å². The first-order valence-corrected chi connectivity index (χ1v) is 6.83. The van der Waals surface area contributed by atoms with Crippen molar-refractivity contribution in [3.8, 4) is 0 Å². The lowest BCUT2D eigenvalue weighted by Gasteiger charge is -2.43. The van der Waals surface area contributed by atoms with E-state index in [0.29, 0.717) is 0 Å². The average molecular weight is 305 g/mol. The molecule has 116 valence electrons. The number of methoxy groups -OCH3 is 1. The highest BCUT2D eigenvalue weighted by molar-refractivity contribution is 5.88. The van der Waals surface area contributed by atoms with Crippen LogP contribution in [0.15, 0.2) is 35.4 Å². The number of rotatable bonds is 3. The first-order chi connectivity index (χ1) is 10.7. The zero-order valence-electron chi connectivity index (χ0n) is 11.9. The van der Waals surface area contributed by atoms with Gasteiger partial charge >= 0.3 is 0 Å². The molecule has 2 heterocycles. The van der Waals surface area contributed by atoms with Crippen LogP contribution in [0.3, 0.4) is 0 Å². The van der Waals surface area contributed by atoms with Crippen molar-refractivity contribution in [1.82, 2.24) is 0 Å². The molecular weight excluding hydrogens is 290 g/mol. The number of hydrogen-bond acceptors (Lipinski definition) is 6. The van der Waals surface area contributed by atoms with Crippen LogP contribution in [0.2, 0.25) is 0 Å². The predicted octanol–water partition coefficient (Wildman–Crippen LogP) is 1.72. The summed E-state index contributed by atoms with van der Waals surface area (Å²) in [5.41, 5.74) is 9.53. The van der Waals surface area contributed by atoms with Gasteiger partial charge in [0.05, 0.1) is 6.61 Å². The van der Waals surface area contributed by atoms with E-state index in [1.807, 2.05) is 30.3 Å². The van der Waals surface area contributed by atoms with Crippen molar-refractivity contribution in [2.24, 2.45) is 5.11 Å². The Hall–Kier alpha value is -1.96. The molecule has 1 aromatic rings. The third kappa shape index (κ3) is 2.70. The smallest absolute Gasteiger partial charge is 0.218 e. The number of Topliss-reactive ketones (excluding diaryl/α,β-unsaturated/α-hetero) is 1. The van der Waals surface area contributed by atoms with E-state index in [9.17, 15) is 4.79 Å². The van der Waals surface area contributed by atoms with Gasteiger partial charge in [-0.3, -0.25) is 4.79 Å². The van der Waals surface area contributed by atoms with Crippen molar-refractivity contribution < 1.29 is 23.7 Å². The molecule has 0 bridgehead atoms. The molecule has 3 rings (SSSR count). The highest BCUT2D eigenvalue weighted by Crippen LogP contribution is 2.33. The van der Waals surface area contributed by atoms with Gasteiger partial charge in [-0.05, 0) is 5.53 Å². The van der Waals surface area contributed by atoms with Crippen LogP contribution in [0.5, 0.6) is 0 Å². The standard InChI is InChI=1S/C14H15N3O5/c1-19-14-11(18)10(16-17-15)12-9(21-14)7-20-13(22-12)8-5-3-2-4-6-8/h2-6,9-10,12-14H,7H2,1H3/t9-,10+,12-,13?,14+/m1/s1. The van der Waals surface area contributed by atoms with Gasteiger partial charge in [-0.25, -0.2) is 0 Å². The Kier molecular flexibility index (Phi) is 4.37. The maximum Gasteiger partial charge on any atom is 0.218 e. The first kappa shape index (κ1) is 15.0. The Morgan fingerprint density at radius 2 is 2.09 bits per heavy atom. The van der Waals surface area contributed by atoms with E-state index >= 15 is 0 Å². The van der Waals surface area contributed by atoms with Gasteiger partial charge in [-0.1, -0.05) is 35.4 Å². The summed E-state index contributed by atoms with van der Waals surface area (Å²) in [6, 6.07) is 8.33. The van der Waals surface area contributed by atoms with Crippen molar-refractivity contribution in [2.45, 2.75) is 30.8 Å². The highest BCUT2D eigenvalue weighted by Gasteiger charge is 2.49. The second-order valence-corrected chi connectivity index (χ2v) is 4.97. The number of ether oxygens (including phenoxy) is 4. The number of carbonyl (C=O) groups is 1. The van der Waals surface area contributed by atoms with Crippen LogP contribution in [0.25, 0.3) is 10.4 Å². The molecular formula is C14H15N3O5. The number of azide groups is 1. The van der Waals surface area contributed by atoms with Crippen LogP contribution >= 0.6 is 0 Å². The van der Waals surface area contributed by atoms with Gasteiger partial charge in [0, 0.05) is 17.6 Å². The van der Waals surface area contributed by atoms with E-state index in [4.69, 9.17) is 24.5 Å². The molecule has 0 N–H and O–H groups in total. The van der Waals surface area contributed by atoms with E-state index in [0.717, 1.165) is 5.56 Å². The Morgan fingerprint density at radius 1 is 1.32 bits per heavy atom. The number of nitrogens with zero attached hydrogens (tertiary/aromatic N) is 3. The summed E-state index contributed by atoms with van der Waals surface area (Å²) in [5, 5.41) is 3.57. The molecule has 0 saturated carbocycles. The number of hydrogen-bond donors (Lipinski definition) is 0. The molecule has 2 saturated heterocycles. The summed E-state index contributed by atoms with van der Waals surface area (Å²) in [4.78, 5) is 14.9. The zero-order valence-corrected chi connectivity index (χ0v) is 11.9. The lowest BCUT2D eigenvalue weighted by atomic mass is 9.97. The molecule has 5 atom stereocenters. The molecule has 1 aromatic carbocycles. The van der Waals surface area contributed by atoms with E-state index in [1.54, 1.807) is 0 Å². The number of fused-ring (bicyclic) bond motifs is 1. The third-order valence-corrected chi connectivity index (χ3v) is 3.65. The second kappa shape index (κ2) is 6.43. The summed E-state index contributed by atoms with van der Waals surface area (Å²) in [6.45, 7) is 0.217. The summed E-state index contributed by atoms with van der Waals surface area (Å²) in [6.07, 6.45) is -2.93. The van der Waals surface area contributed by atoms with Gasteiger partial charge in [0.25, 0.3) is 0 Å². The molecule has 0 amide bonds. The minimum Gasteiger partial charge on any atom is -0.349 e. The normalized spacial score (nSPS) is 34.6. The third-order valence-electron chi connectivity index (χ3n) is 3.65. The second-order valence-electron chi connectivity index (χ2n) is 4.97. The van der Waals surface area contributed by atoms with Crippen LogP contribution in [-0.4, -0.2) is 44.0 Å². The van der Waals surface area contributed by atoms with Crippen molar-refractivity contribution >= 4 is 5.78 Å². The molecule has 2 fully saturated rings.